The first-order valence-electron chi connectivity index (χ1n) is 9.27. The van der Waals surface area contributed by atoms with Crippen LogP contribution in [-0.2, 0) is 24.8 Å². The van der Waals surface area contributed by atoms with E-state index in [1.807, 2.05) is 0 Å². The van der Waals surface area contributed by atoms with Gasteiger partial charge in [0.15, 0.2) is 0 Å². The molecule has 0 saturated heterocycles. The average molecular weight is 452 g/mol. The normalized spacial score (nSPS) is 12.4. The maximum atomic E-state index is 12.6. The van der Waals surface area contributed by atoms with Gasteiger partial charge in [0.25, 0.3) is 0 Å². The van der Waals surface area contributed by atoms with Crippen LogP contribution in [0.15, 0.2) is 64.4 Å². The van der Waals surface area contributed by atoms with E-state index >= 15 is 0 Å². The molecule has 1 amide bonds. The monoisotopic (exact) mass is 451 g/mol. The lowest BCUT2D eigenvalue weighted by Gasteiger charge is -2.18. The molecule has 0 fully saturated rings. The molecule has 10 heteroatoms. The third kappa shape index (κ3) is 5.76. The van der Waals surface area contributed by atoms with Gasteiger partial charge in [0.2, 0.25) is 26.0 Å². The number of sulfonamides is 2. The molecule has 0 atom stereocenters. The SMILES string of the molecule is CCN(CC)S(=O)(=O)c1cccc(NC(=O)/C=C/c2ccc(S(=O)(=O)NC)cc2)c1. The summed E-state index contributed by atoms with van der Waals surface area (Å²) in [7, 11) is -5.81. The fourth-order valence-electron chi connectivity index (χ4n) is 2.68. The molecular formula is C20H25N3O5S2. The standard InChI is InChI=1S/C20H25N3O5S2/c1-4-23(5-2)30(27,28)19-8-6-7-17(15-19)22-20(24)14-11-16-9-12-18(13-10-16)29(25,26)21-3/h6-15,21H,4-5H2,1-3H3,(H,22,24)/b14-11+. The molecule has 2 aromatic carbocycles. The van der Waals surface area contributed by atoms with E-state index < -0.39 is 26.0 Å². The molecule has 0 aliphatic rings. The van der Waals surface area contributed by atoms with Crippen LogP contribution in [0.5, 0.6) is 0 Å². The van der Waals surface area contributed by atoms with E-state index in [9.17, 15) is 21.6 Å². The van der Waals surface area contributed by atoms with Crippen molar-refractivity contribution in [3.8, 4) is 0 Å². The summed E-state index contributed by atoms with van der Waals surface area (Å²) >= 11 is 0. The largest absolute Gasteiger partial charge is 0.322 e. The predicted molar refractivity (Wildman–Crippen MR) is 117 cm³/mol. The van der Waals surface area contributed by atoms with E-state index in [4.69, 9.17) is 0 Å². The Labute approximate surface area is 177 Å². The van der Waals surface area contributed by atoms with Gasteiger partial charge in [-0.2, -0.15) is 4.31 Å². The smallest absolute Gasteiger partial charge is 0.248 e. The van der Waals surface area contributed by atoms with Crippen LogP contribution in [0.3, 0.4) is 0 Å². The third-order valence-corrected chi connectivity index (χ3v) is 7.81. The molecule has 0 unspecified atom stereocenters. The number of hydrogen-bond acceptors (Lipinski definition) is 5. The molecule has 0 aliphatic heterocycles. The molecule has 0 heterocycles. The highest BCUT2D eigenvalue weighted by molar-refractivity contribution is 7.89. The minimum atomic E-state index is -3.62. The van der Waals surface area contributed by atoms with Crippen molar-refractivity contribution >= 4 is 37.7 Å². The van der Waals surface area contributed by atoms with Crippen molar-refractivity contribution in [2.24, 2.45) is 0 Å². The molecule has 162 valence electrons. The summed E-state index contributed by atoms with van der Waals surface area (Å²) < 4.78 is 52.2. The zero-order valence-corrected chi connectivity index (χ0v) is 18.6. The van der Waals surface area contributed by atoms with Crippen molar-refractivity contribution in [1.82, 2.24) is 9.03 Å². The van der Waals surface area contributed by atoms with E-state index in [1.54, 1.807) is 38.1 Å². The first kappa shape index (κ1) is 23.7. The quantitative estimate of drug-likeness (QED) is 0.568. The topological polar surface area (TPSA) is 113 Å². The first-order chi connectivity index (χ1) is 14.1. The fourth-order valence-corrected chi connectivity index (χ4v) is 4.91. The van der Waals surface area contributed by atoms with Gasteiger partial charge < -0.3 is 5.32 Å². The Balaban J connectivity index is 2.12. The number of amides is 1. The van der Waals surface area contributed by atoms with Gasteiger partial charge in [-0.1, -0.05) is 32.0 Å². The fraction of sp³-hybridized carbons (Fsp3) is 0.250. The van der Waals surface area contributed by atoms with Crippen LogP contribution in [0.4, 0.5) is 5.69 Å². The molecule has 0 radical (unpaired) electrons. The van der Waals surface area contributed by atoms with Gasteiger partial charge in [0, 0.05) is 24.9 Å². The highest BCUT2D eigenvalue weighted by Gasteiger charge is 2.21. The number of hydrogen-bond donors (Lipinski definition) is 2. The molecule has 0 spiro atoms. The van der Waals surface area contributed by atoms with Crippen LogP contribution >= 0.6 is 0 Å². The summed E-state index contributed by atoms with van der Waals surface area (Å²) in [6, 6.07) is 12.1. The van der Waals surface area contributed by atoms with E-state index in [0.717, 1.165) is 0 Å². The molecule has 2 rings (SSSR count). The second-order valence-corrected chi connectivity index (χ2v) is 10.0. The predicted octanol–water partition coefficient (Wildman–Crippen LogP) is 2.28. The summed E-state index contributed by atoms with van der Waals surface area (Å²) in [5.74, 6) is -0.445. The van der Waals surface area contributed by atoms with Crippen LogP contribution in [0.2, 0.25) is 0 Å². The molecule has 0 bridgehead atoms. The molecule has 2 aromatic rings. The number of carbonyl (C=O) groups excluding carboxylic acids is 1. The summed E-state index contributed by atoms with van der Waals surface area (Å²) in [6.07, 6.45) is 2.81. The lowest BCUT2D eigenvalue weighted by Crippen LogP contribution is -2.30. The summed E-state index contributed by atoms with van der Waals surface area (Å²) in [5, 5.41) is 2.63. The van der Waals surface area contributed by atoms with Crippen molar-refractivity contribution in [1.29, 1.82) is 0 Å². The van der Waals surface area contributed by atoms with Crippen molar-refractivity contribution in [3.05, 3.63) is 60.2 Å². The van der Waals surface area contributed by atoms with Gasteiger partial charge in [-0.05, 0) is 49.0 Å². The van der Waals surface area contributed by atoms with Gasteiger partial charge in [-0.25, -0.2) is 21.6 Å². The molecular weight excluding hydrogens is 426 g/mol. The van der Waals surface area contributed by atoms with Crippen LogP contribution in [0.25, 0.3) is 6.08 Å². The highest BCUT2D eigenvalue weighted by atomic mass is 32.2. The first-order valence-corrected chi connectivity index (χ1v) is 12.2. The van der Waals surface area contributed by atoms with Gasteiger partial charge in [0.1, 0.15) is 0 Å². The van der Waals surface area contributed by atoms with Crippen LogP contribution in [0.1, 0.15) is 19.4 Å². The Bertz CT molecular complexity index is 1120. The zero-order valence-electron chi connectivity index (χ0n) is 17.0. The third-order valence-electron chi connectivity index (χ3n) is 4.33. The maximum absolute atomic E-state index is 12.6. The number of benzene rings is 2. The molecule has 0 saturated carbocycles. The number of anilines is 1. The van der Waals surface area contributed by atoms with Crippen molar-refractivity contribution in [2.45, 2.75) is 23.6 Å². The second-order valence-electron chi connectivity index (χ2n) is 6.22. The van der Waals surface area contributed by atoms with Gasteiger partial charge in [-0.15, -0.1) is 0 Å². The van der Waals surface area contributed by atoms with E-state index in [2.05, 4.69) is 10.0 Å². The Morgan fingerprint density at radius 3 is 2.17 bits per heavy atom. The number of nitrogens with zero attached hydrogens (tertiary/aromatic N) is 1. The number of nitrogens with one attached hydrogen (secondary N) is 2. The van der Waals surface area contributed by atoms with Crippen molar-refractivity contribution in [3.63, 3.8) is 0 Å². The van der Waals surface area contributed by atoms with Gasteiger partial charge in [0.05, 0.1) is 9.79 Å². The minimum Gasteiger partial charge on any atom is -0.322 e. The van der Waals surface area contributed by atoms with E-state index in [-0.39, 0.29) is 9.79 Å². The zero-order chi connectivity index (χ0) is 22.4. The highest BCUT2D eigenvalue weighted by Crippen LogP contribution is 2.19. The maximum Gasteiger partial charge on any atom is 0.248 e. The molecule has 0 aromatic heterocycles. The summed E-state index contributed by atoms with van der Waals surface area (Å²) in [6.45, 7) is 4.23. The Hall–Kier alpha value is -2.53. The van der Waals surface area contributed by atoms with Crippen LogP contribution < -0.4 is 10.0 Å². The lowest BCUT2D eigenvalue weighted by atomic mass is 10.2. The molecule has 0 aliphatic carbocycles. The van der Waals surface area contributed by atoms with Gasteiger partial charge in [-0.3, -0.25) is 4.79 Å². The second kappa shape index (κ2) is 9.98. The van der Waals surface area contributed by atoms with Crippen molar-refractivity contribution in [2.75, 3.05) is 25.5 Å². The van der Waals surface area contributed by atoms with Crippen molar-refractivity contribution < 1.29 is 21.6 Å². The molecule has 2 N–H and O–H groups in total. The average Bonchev–Trinajstić information content (AvgIpc) is 2.73. The Kier molecular flexibility index (Phi) is 7.90. The molecule has 8 nitrogen and oxygen atoms in total. The summed E-state index contributed by atoms with van der Waals surface area (Å²) in [5.41, 5.74) is 0.992. The van der Waals surface area contributed by atoms with Crippen LogP contribution in [-0.4, -0.2) is 47.2 Å². The number of carbonyl (C=O) groups is 1. The van der Waals surface area contributed by atoms with E-state index in [1.165, 1.54) is 47.8 Å². The molecule has 30 heavy (non-hydrogen) atoms. The number of rotatable bonds is 9. The van der Waals surface area contributed by atoms with E-state index in [0.29, 0.717) is 24.3 Å². The van der Waals surface area contributed by atoms with Gasteiger partial charge >= 0.3 is 0 Å². The van der Waals surface area contributed by atoms with Crippen LogP contribution in [0, 0.1) is 0 Å². The lowest BCUT2D eigenvalue weighted by molar-refractivity contribution is -0.111. The summed E-state index contributed by atoms with van der Waals surface area (Å²) in [4.78, 5) is 12.4. The minimum absolute atomic E-state index is 0.106. The Morgan fingerprint density at radius 2 is 1.60 bits per heavy atom. The Morgan fingerprint density at radius 1 is 0.967 bits per heavy atom.